The van der Waals surface area contributed by atoms with Crippen LogP contribution >= 0.6 is 27.5 Å². The van der Waals surface area contributed by atoms with Gasteiger partial charge in [-0.2, -0.15) is 0 Å². The molecule has 0 saturated carbocycles. The maximum atomic E-state index is 12.0. The van der Waals surface area contributed by atoms with Gasteiger partial charge >= 0.3 is 5.63 Å². The molecule has 128 valence electrons. The Morgan fingerprint density at radius 2 is 1.96 bits per heavy atom. The molecule has 3 aromatic rings. The van der Waals surface area contributed by atoms with Crippen LogP contribution in [0.3, 0.4) is 0 Å². The lowest BCUT2D eigenvalue weighted by atomic mass is 10.1. The van der Waals surface area contributed by atoms with Crippen LogP contribution in [0.5, 0.6) is 5.75 Å². The van der Waals surface area contributed by atoms with E-state index in [1.54, 1.807) is 25.1 Å². The zero-order chi connectivity index (χ0) is 18.0. The Morgan fingerprint density at radius 3 is 2.68 bits per heavy atom. The van der Waals surface area contributed by atoms with Crippen molar-refractivity contribution in [2.45, 2.75) is 6.92 Å². The second-order valence-corrected chi connectivity index (χ2v) is 6.69. The fourth-order valence-corrected chi connectivity index (χ4v) is 2.79. The van der Waals surface area contributed by atoms with Gasteiger partial charge in [-0.25, -0.2) is 4.79 Å². The smallest absolute Gasteiger partial charge is 0.336 e. The number of halogens is 2. The number of amides is 1. The fourth-order valence-electron chi connectivity index (χ4n) is 2.30. The van der Waals surface area contributed by atoms with Crippen LogP contribution in [-0.4, -0.2) is 12.5 Å². The summed E-state index contributed by atoms with van der Waals surface area (Å²) in [6, 6.07) is 11.7. The highest BCUT2D eigenvalue weighted by molar-refractivity contribution is 9.10. The standard InChI is InChI=1S/C18H13BrClNO4/c1-10-6-18(23)25-15-8-16(14(20)7-13(10)15)24-9-17(22)21-12-4-2-11(19)3-5-12/h2-8H,9H2,1H3,(H,21,22). The van der Waals surface area contributed by atoms with Gasteiger partial charge in [0.25, 0.3) is 5.91 Å². The normalized spacial score (nSPS) is 10.7. The maximum absolute atomic E-state index is 12.0. The van der Waals surface area contributed by atoms with Crippen LogP contribution in [0.1, 0.15) is 5.56 Å². The highest BCUT2D eigenvalue weighted by atomic mass is 79.9. The number of benzene rings is 2. The molecule has 1 N–H and O–H groups in total. The van der Waals surface area contributed by atoms with Gasteiger partial charge in [0.2, 0.25) is 0 Å². The number of fused-ring (bicyclic) bond motifs is 1. The van der Waals surface area contributed by atoms with Gasteiger partial charge in [-0.05, 0) is 42.8 Å². The summed E-state index contributed by atoms with van der Waals surface area (Å²) in [4.78, 5) is 23.5. The van der Waals surface area contributed by atoms with Crippen molar-refractivity contribution in [3.05, 3.63) is 67.9 Å². The lowest BCUT2D eigenvalue weighted by Crippen LogP contribution is -2.20. The van der Waals surface area contributed by atoms with Gasteiger partial charge in [-0.3, -0.25) is 4.79 Å². The van der Waals surface area contributed by atoms with E-state index in [9.17, 15) is 9.59 Å². The zero-order valence-electron chi connectivity index (χ0n) is 13.1. The molecule has 0 spiro atoms. The minimum atomic E-state index is -0.453. The number of hydrogen-bond donors (Lipinski definition) is 1. The quantitative estimate of drug-likeness (QED) is 0.627. The number of hydrogen-bond acceptors (Lipinski definition) is 4. The molecule has 0 bridgehead atoms. The van der Waals surface area contributed by atoms with E-state index in [1.807, 2.05) is 12.1 Å². The second kappa shape index (κ2) is 7.29. The van der Waals surface area contributed by atoms with Crippen LogP contribution in [0.4, 0.5) is 5.69 Å². The Bertz CT molecular complexity index is 998. The van der Waals surface area contributed by atoms with Crippen LogP contribution in [0.25, 0.3) is 11.0 Å². The first-order valence-electron chi connectivity index (χ1n) is 7.34. The summed E-state index contributed by atoms with van der Waals surface area (Å²) in [5.41, 5.74) is 1.32. The lowest BCUT2D eigenvalue weighted by Gasteiger charge is -2.10. The van der Waals surface area contributed by atoms with Crippen molar-refractivity contribution in [3.63, 3.8) is 0 Å². The molecule has 25 heavy (non-hydrogen) atoms. The molecule has 0 aliphatic carbocycles. The average molecular weight is 423 g/mol. The first-order chi connectivity index (χ1) is 11.9. The summed E-state index contributed by atoms with van der Waals surface area (Å²) in [5, 5.41) is 3.77. The number of anilines is 1. The van der Waals surface area contributed by atoms with Gasteiger partial charge in [-0.1, -0.05) is 27.5 Å². The minimum absolute atomic E-state index is 0.225. The van der Waals surface area contributed by atoms with Gasteiger partial charge in [0, 0.05) is 27.7 Å². The number of carbonyl (C=O) groups is 1. The van der Waals surface area contributed by atoms with Gasteiger partial charge in [-0.15, -0.1) is 0 Å². The molecule has 0 fully saturated rings. The van der Waals surface area contributed by atoms with E-state index < -0.39 is 5.63 Å². The Labute approximate surface area is 156 Å². The molecule has 0 aliphatic rings. The summed E-state index contributed by atoms with van der Waals surface area (Å²) < 4.78 is 11.5. The number of ether oxygens (including phenoxy) is 1. The summed E-state index contributed by atoms with van der Waals surface area (Å²) >= 11 is 9.52. The molecule has 0 radical (unpaired) electrons. The zero-order valence-corrected chi connectivity index (χ0v) is 15.5. The monoisotopic (exact) mass is 421 g/mol. The Hall–Kier alpha value is -2.31. The van der Waals surface area contributed by atoms with Gasteiger partial charge in [0.1, 0.15) is 11.3 Å². The van der Waals surface area contributed by atoms with E-state index in [1.165, 1.54) is 12.1 Å². The van der Waals surface area contributed by atoms with E-state index in [0.717, 1.165) is 15.4 Å². The van der Waals surface area contributed by atoms with Crippen molar-refractivity contribution in [2.75, 3.05) is 11.9 Å². The average Bonchev–Trinajstić information content (AvgIpc) is 2.56. The summed E-state index contributed by atoms with van der Waals surface area (Å²) in [6.07, 6.45) is 0. The van der Waals surface area contributed by atoms with Gasteiger partial charge in [0.15, 0.2) is 6.61 Å². The first kappa shape index (κ1) is 17.5. The predicted molar refractivity (Wildman–Crippen MR) is 100 cm³/mol. The lowest BCUT2D eigenvalue weighted by molar-refractivity contribution is -0.118. The molecule has 0 unspecified atom stereocenters. The summed E-state index contributed by atoms with van der Waals surface area (Å²) in [6.45, 7) is 1.57. The van der Waals surface area contributed by atoms with Crippen LogP contribution in [0.15, 0.2) is 56.1 Å². The largest absolute Gasteiger partial charge is 0.482 e. The van der Waals surface area contributed by atoms with E-state index in [4.69, 9.17) is 20.8 Å². The third-order valence-electron chi connectivity index (χ3n) is 3.49. The van der Waals surface area contributed by atoms with Crippen molar-refractivity contribution >= 4 is 50.1 Å². The first-order valence-corrected chi connectivity index (χ1v) is 8.52. The molecular weight excluding hydrogens is 410 g/mol. The molecule has 1 heterocycles. The van der Waals surface area contributed by atoms with Crippen molar-refractivity contribution in [3.8, 4) is 5.75 Å². The predicted octanol–water partition coefficient (Wildman–Crippen LogP) is 4.53. The third-order valence-corrected chi connectivity index (χ3v) is 4.31. The van der Waals surface area contributed by atoms with Crippen molar-refractivity contribution < 1.29 is 13.9 Å². The number of aryl methyl sites for hydroxylation is 1. The number of carbonyl (C=O) groups excluding carboxylic acids is 1. The number of nitrogens with one attached hydrogen (secondary N) is 1. The second-order valence-electron chi connectivity index (χ2n) is 5.37. The Morgan fingerprint density at radius 1 is 1.24 bits per heavy atom. The molecule has 1 amide bonds. The van der Waals surface area contributed by atoms with Gasteiger partial charge in [0.05, 0.1) is 5.02 Å². The van der Waals surface area contributed by atoms with Gasteiger partial charge < -0.3 is 14.5 Å². The van der Waals surface area contributed by atoms with Crippen molar-refractivity contribution in [2.24, 2.45) is 0 Å². The third kappa shape index (κ3) is 4.21. The van der Waals surface area contributed by atoms with Crippen molar-refractivity contribution in [1.29, 1.82) is 0 Å². The molecule has 0 aliphatic heterocycles. The van der Waals surface area contributed by atoms with E-state index in [0.29, 0.717) is 16.3 Å². The highest BCUT2D eigenvalue weighted by Gasteiger charge is 2.11. The topological polar surface area (TPSA) is 68.5 Å². The SMILES string of the molecule is Cc1cc(=O)oc2cc(OCC(=O)Nc3ccc(Br)cc3)c(Cl)cc12. The highest BCUT2D eigenvalue weighted by Crippen LogP contribution is 2.31. The number of rotatable bonds is 4. The minimum Gasteiger partial charge on any atom is -0.482 e. The van der Waals surface area contributed by atoms with Crippen LogP contribution in [-0.2, 0) is 4.79 Å². The Kier molecular flexibility index (Phi) is 5.11. The fraction of sp³-hybridized carbons (Fsp3) is 0.111. The van der Waals surface area contributed by atoms with E-state index in [-0.39, 0.29) is 18.3 Å². The Balaban J connectivity index is 1.74. The molecule has 0 saturated heterocycles. The van der Waals surface area contributed by atoms with Crippen LogP contribution in [0.2, 0.25) is 5.02 Å². The summed E-state index contributed by atoms with van der Waals surface area (Å²) in [7, 11) is 0. The molecule has 1 aromatic heterocycles. The molecule has 7 heteroatoms. The molecule has 2 aromatic carbocycles. The maximum Gasteiger partial charge on any atom is 0.336 e. The van der Waals surface area contributed by atoms with E-state index in [2.05, 4.69) is 21.2 Å². The molecule has 3 rings (SSSR count). The van der Waals surface area contributed by atoms with Crippen LogP contribution < -0.4 is 15.7 Å². The van der Waals surface area contributed by atoms with E-state index >= 15 is 0 Å². The molecule has 5 nitrogen and oxygen atoms in total. The summed E-state index contributed by atoms with van der Waals surface area (Å²) in [5.74, 6) is -0.0574. The molecule has 0 atom stereocenters. The molecular formula is C18H13BrClNO4. The van der Waals surface area contributed by atoms with Crippen molar-refractivity contribution in [1.82, 2.24) is 0 Å². The van der Waals surface area contributed by atoms with Crippen LogP contribution in [0, 0.1) is 6.92 Å².